The zero-order valence-corrected chi connectivity index (χ0v) is 9.95. The first kappa shape index (κ1) is 12.5. The first-order valence-corrected chi connectivity index (χ1v) is 5.73. The van der Waals surface area contributed by atoms with Gasteiger partial charge in [0, 0.05) is 26.7 Å². The van der Waals surface area contributed by atoms with Crippen molar-refractivity contribution in [2.45, 2.75) is 26.4 Å². The van der Waals surface area contributed by atoms with Gasteiger partial charge in [-0.3, -0.25) is 9.69 Å². The summed E-state index contributed by atoms with van der Waals surface area (Å²) in [6.07, 6.45) is 0.898. The van der Waals surface area contributed by atoms with Crippen LogP contribution in [0.5, 0.6) is 0 Å². The van der Waals surface area contributed by atoms with Gasteiger partial charge >= 0.3 is 0 Å². The molecule has 0 bridgehead atoms. The Kier molecular flexibility index (Phi) is 5.05. The molecule has 0 aliphatic carbocycles. The molecule has 1 N–H and O–H groups in total. The second kappa shape index (κ2) is 6.08. The van der Waals surface area contributed by atoms with Gasteiger partial charge in [0.25, 0.3) is 0 Å². The van der Waals surface area contributed by atoms with Crippen LogP contribution < -0.4 is 5.32 Å². The van der Waals surface area contributed by atoms with E-state index >= 15 is 0 Å². The molecule has 0 aromatic heterocycles. The third-order valence-corrected chi connectivity index (χ3v) is 2.96. The molecule has 1 aliphatic rings. The summed E-state index contributed by atoms with van der Waals surface area (Å²) in [5.41, 5.74) is 0. The van der Waals surface area contributed by atoms with Gasteiger partial charge in [-0.05, 0) is 5.92 Å². The highest BCUT2D eigenvalue weighted by atomic mass is 16.5. The van der Waals surface area contributed by atoms with E-state index in [0.29, 0.717) is 12.5 Å². The summed E-state index contributed by atoms with van der Waals surface area (Å²) < 4.78 is 5.42. The van der Waals surface area contributed by atoms with Gasteiger partial charge < -0.3 is 10.1 Å². The van der Waals surface area contributed by atoms with Crippen LogP contribution in [0.15, 0.2) is 0 Å². The maximum atomic E-state index is 11.4. The Morgan fingerprint density at radius 2 is 2.40 bits per heavy atom. The number of likely N-dealkylation sites (N-methyl/N-ethyl adjacent to an activating group) is 1. The van der Waals surface area contributed by atoms with Gasteiger partial charge in [-0.1, -0.05) is 20.3 Å². The molecule has 88 valence electrons. The molecule has 0 saturated carbocycles. The molecular formula is C11H22N2O2. The maximum absolute atomic E-state index is 11.4. The second-order valence-electron chi connectivity index (χ2n) is 4.25. The highest BCUT2D eigenvalue weighted by molar-refractivity contribution is 5.80. The highest BCUT2D eigenvalue weighted by Crippen LogP contribution is 2.10. The lowest BCUT2D eigenvalue weighted by Crippen LogP contribution is -2.50. The second-order valence-corrected chi connectivity index (χ2v) is 4.25. The Bertz CT molecular complexity index is 209. The molecule has 1 heterocycles. The van der Waals surface area contributed by atoms with Crippen LogP contribution in [-0.4, -0.2) is 50.2 Å². The van der Waals surface area contributed by atoms with Crippen LogP contribution in [0, 0.1) is 5.92 Å². The Hall–Kier alpha value is -0.610. The average molecular weight is 214 g/mol. The third-order valence-electron chi connectivity index (χ3n) is 2.96. The monoisotopic (exact) mass is 214 g/mol. The number of rotatable bonds is 4. The lowest BCUT2D eigenvalue weighted by Gasteiger charge is -2.33. The first-order valence-electron chi connectivity index (χ1n) is 5.73. The van der Waals surface area contributed by atoms with Crippen LogP contribution in [0.4, 0.5) is 0 Å². The predicted molar refractivity (Wildman–Crippen MR) is 59.7 cm³/mol. The van der Waals surface area contributed by atoms with Gasteiger partial charge in [-0.15, -0.1) is 0 Å². The van der Waals surface area contributed by atoms with Crippen LogP contribution in [0.25, 0.3) is 0 Å². The molecule has 15 heavy (non-hydrogen) atoms. The van der Waals surface area contributed by atoms with Crippen molar-refractivity contribution in [2.24, 2.45) is 5.92 Å². The smallest absolute Gasteiger partial charge is 0.250 e. The van der Waals surface area contributed by atoms with E-state index in [1.54, 1.807) is 7.05 Å². The van der Waals surface area contributed by atoms with Gasteiger partial charge in [0.05, 0.1) is 6.61 Å². The number of ether oxygens (including phenoxy) is 1. The summed E-state index contributed by atoms with van der Waals surface area (Å²) in [6.45, 7) is 7.83. The number of hydrogen-bond donors (Lipinski definition) is 1. The predicted octanol–water partition coefficient (Wildman–Crippen LogP) is 0.479. The Balaban J connectivity index is 2.38. The molecule has 1 amide bonds. The fraction of sp³-hybridized carbons (Fsp3) is 0.909. The van der Waals surface area contributed by atoms with E-state index in [0.717, 1.165) is 19.6 Å². The van der Waals surface area contributed by atoms with E-state index in [4.69, 9.17) is 4.74 Å². The van der Waals surface area contributed by atoms with Crippen molar-refractivity contribution in [3.05, 3.63) is 0 Å². The molecule has 1 fully saturated rings. The largest absolute Gasteiger partial charge is 0.366 e. The van der Waals surface area contributed by atoms with Crippen LogP contribution in [0.3, 0.4) is 0 Å². The molecule has 4 nitrogen and oxygen atoms in total. The number of carbonyl (C=O) groups excluding carboxylic acids is 1. The molecule has 2 unspecified atom stereocenters. The van der Waals surface area contributed by atoms with E-state index < -0.39 is 0 Å². The van der Waals surface area contributed by atoms with Crippen molar-refractivity contribution in [1.29, 1.82) is 0 Å². The summed E-state index contributed by atoms with van der Waals surface area (Å²) in [4.78, 5) is 13.7. The quantitative estimate of drug-likeness (QED) is 0.740. The zero-order valence-electron chi connectivity index (χ0n) is 9.95. The van der Waals surface area contributed by atoms with Crippen LogP contribution in [0.1, 0.15) is 20.3 Å². The van der Waals surface area contributed by atoms with Crippen LogP contribution >= 0.6 is 0 Å². The molecule has 1 aliphatic heterocycles. The topological polar surface area (TPSA) is 41.6 Å². The molecule has 0 aromatic rings. The summed E-state index contributed by atoms with van der Waals surface area (Å²) in [6, 6.07) is 0. The number of carbonyl (C=O) groups is 1. The zero-order chi connectivity index (χ0) is 11.3. The van der Waals surface area contributed by atoms with Gasteiger partial charge in [0.1, 0.15) is 6.10 Å². The first-order chi connectivity index (χ1) is 7.17. The fourth-order valence-corrected chi connectivity index (χ4v) is 1.76. The van der Waals surface area contributed by atoms with Gasteiger partial charge in [-0.2, -0.15) is 0 Å². The standard InChI is InChI=1S/C11H22N2O2/c1-4-9(2)7-13-5-6-15-10(8-13)11(14)12-3/h9-10H,4-8H2,1-3H3,(H,12,14). The molecular weight excluding hydrogens is 192 g/mol. The van der Waals surface area contributed by atoms with E-state index in [1.807, 2.05) is 0 Å². The maximum Gasteiger partial charge on any atom is 0.250 e. The molecule has 0 aromatic carbocycles. The van der Waals surface area contributed by atoms with E-state index in [1.165, 1.54) is 6.42 Å². The van der Waals surface area contributed by atoms with Crippen molar-refractivity contribution in [1.82, 2.24) is 10.2 Å². The number of amides is 1. The molecule has 0 spiro atoms. The van der Waals surface area contributed by atoms with Crippen molar-refractivity contribution in [3.63, 3.8) is 0 Å². The Morgan fingerprint density at radius 3 is 3.00 bits per heavy atom. The number of nitrogens with zero attached hydrogens (tertiary/aromatic N) is 1. The van der Waals surface area contributed by atoms with Crippen molar-refractivity contribution < 1.29 is 9.53 Å². The highest BCUT2D eigenvalue weighted by Gasteiger charge is 2.26. The molecule has 1 saturated heterocycles. The van der Waals surface area contributed by atoms with Gasteiger partial charge in [-0.25, -0.2) is 0 Å². The fourth-order valence-electron chi connectivity index (χ4n) is 1.76. The average Bonchev–Trinajstić information content (AvgIpc) is 2.28. The van der Waals surface area contributed by atoms with Crippen LogP contribution in [-0.2, 0) is 9.53 Å². The summed E-state index contributed by atoms with van der Waals surface area (Å²) >= 11 is 0. The molecule has 1 rings (SSSR count). The molecule has 0 radical (unpaired) electrons. The summed E-state index contributed by atoms with van der Waals surface area (Å²) in [5, 5.41) is 2.63. The normalized spacial score (nSPS) is 24.9. The van der Waals surface area contributed by atoms with E-state index in [2.05, 4.69) is 24.1 Å². The molecule has 4 heteroatoms. The van der Waals surface area contributed by atoms with Crippen molar-refractivity contribution in [3.8, 4) is 0 Å². The number of nitrogens with one attached hydrogen (secondary N) is 1. The SMILES string of the molecule is CCC(C)CN1CCOC(C(=O)NC)C1. The van der Waals surface area contributed by atoms with Crippen molar-refractivity contribution in [2.75, 3.05) is 33.3 Å². The lowest BCUT2D eigenvalue weighted by molar-refractivity contribution is -0.138. The Morgan fingerprint density at radius 1 is 1.67 bits per heavy atom. The number of hydrogen-bond acceptors (Lipinski definition) is 3. The van der Waals surface area contributed by atoms with E-state index in [-0.39, 0.29) is 12.0 Å². The lowest BCUT2D eigenvalue weighted by atomic mass is 10.1. The van der Waals surface area contributed by atoms with Gasteiger partial charge in [0.15, 0.2) is 0 Å². The minimum absolute atomic E-state index is 0.0103. The third kappa shape index (κ3) is 3.80. The number of morpholine rings is 1. The minimum Gasteiger partial charge on any atom is -0.366 e. The Labute approximate surface area is 92.0 Å². The minimum atomic E-state index is -0.284. The summed E-state index contributed by atoms with van der Waals surface area (Å²) in [7, 11) is 1.65. The van der Waals surface area contributed by atoms with Crippen molar-refractivity contribution >= 4 is 5.91 Å². The summed E-state index contributed by atoms with van der Waals surface area (Å²) in [5.74, 6) is 0.678. The van der Waals surface area contributed by atoms with E-state index in [9.17, 15) is 4.79 Å². The van der Waals surface area contributed by atoms with Gasteiger partial charge in [0.2, 0.25) is 5.91 Å². The van der Waals surface area contributed by atoms with Crippen LogP contribution in [0.2, 0.25) is 0 Å². The molecule has 2 atom stereocenters.